The summed E-state index contributed by atoms with van der Waals surface area (Å²) in [7, 11) is 1.75. The molecule has 3 nitrogen and oxygen atoms in total. The van der Waals surface area contributed by atoms with Gasteiger partial charge in [-0.15, -0.1) is 0 Å². The van der Waals surface area contributed by atoms with Crippen LogP contribution in [0.25, 0.3) is 0 Å². The van der Waals surface area contributed by atoms with Crippen molar-refractivity contribution in [3.8, 4) is 0 Å². The molecule has 0 fully saturated rings. The first kappa shape index (κ1) is 14.0. The lowest BCUT2D eigenvalue weighted by Gasteiger charge is -2.29. The lowest BCUT2D eigenvalue weighted by atomic mass is 10.1. The maximum Gasteiger partial charge on any atom is 0.0670 e. The lowest BCUT2D eigenvalue weighted by Crippen LogP contribution is -2.36. The largest absolute Gasteiger partial charge is 0.399 e. The van der Waals surface area contributed by atoms with Crippen LogP contribution in [-0.4, -0.2) is 30.7 Å². The Morgan fingerprint density at radius 3 is 2.53 bits per heavy atom. The monoisotopic (exact) mass is 236 g/mol. The van der Waals surface area contributed by atoms with Gasteiger partial charge in [-0.25, -0.2) is 0 Å². The van der Waals surface area contributed by atoms with Crippen molar-refractivity contribution in [2.75, 3.05) is 19.4 Å². The van der Waals surface area contributed by atoms with Gasteiger partial charge in [0.2, 0.25) is 0 Å². The Kier molecular flexibility index (Phi) is 5.45. The van der Waals surface area contributed by atoms with E-state index in [9.17, 15) is 0 Å². The molecule has 3 heteroatoms. The van der Waals surface area contributed by atoms with Gasteiger partial charge >= 0.3 is 0 Å². The minimum Gasteiger partial charge on any atom is -0.399 e. The Balaban J connectivity index is 2.66. The number of methoxy groups -OCH3 is 1. The fourth-order valence-electron chi connectivity index (χ4n) is 1.79. The third-order valence-electron chi connectivity index (χ3n) is 2.96. The molecule has 1 aromatic rings. The van der Waals surface area contributed by atoms with Crippen molar-refractivity contribution in [1.82, 2.24) is 4.90 Å². The third-order valence-corrected chi connectivity index (χ3v) is 2.96. The van der Waals surface area contributed by atoms with E-state index in [-0.39, 0.29) is 6.10 Å². The predicted octanol–water partition coefficient (Wildman–Crippen LogP) is 2.51. The molecule has 0 aromatic heterocycles. The maximum atomic E-state index is 5.79. The van der Waals surface area contributed by atoms with Gasteiger partial charge in [0.05, 0.1) is 6.10 Å². The molecule has 1 rings (SSSR count). The fraction of sp³-hybridized carbons (Fsp3) is 0.571. The summed E-state index contributed by atoms with van der Waals surface area (Å²) in [5.74, 6) is 0. The molecule has 0 aliphatic rings. The standard InChI is InChI=1S/C14H24N2O/c1-11(2)16(9-12(3)17-4)10-13-6-5-7-14(15)8-13/h5-8,11-12H,9-10,15H2,1-4H3. The van der Waals surface area contributed by atoms with Crippen LogP contribution in [0.1, 0.15) is 26.3 Å². The Morgan fingerprint density at radius 1 is 1.29 bits per heavy atom. The van der Waals surface area contributed by atoms with E-state index in [1.807, 2.05) is 18.2 Å². The summed E-state index contributed by atoms with van der Waals surface area (Å²) in [6, 6.07) is 8.56. The number of benzene rings is 1. The Morgan fingerprint density at radius 2 is 2.00 bits per heavy atom. The van der Waals surface area contributed by atoms with Gasteiger partial charge in [0.15, 0.2) is 0 Å². The van der Waals surface area contributed by atoms with E-state index < -0.39 is 0 Å². The van der Waals surface area contributed by atoms with Gasteiger partial charge < -0.3 is 10.5 Å². The molecule has 2 N–H and O–H groups in total. The molecule has 0 aliphatic carbocycles. The van der Waals surface area contributed by atoms with E-state index in [1.54, 1.807) is 7.11 Å². The average Bonchev–Trinajstić information content (AvgIpc) is 2.27. The highest BCUT2D eigenvalue weighted by Gasteiger charge is 2.13. The van der Waals surface area contributed by atoms with Crippen LogP contribution in [-0.2, 0) is 11.3 Å². The van der Waals surface area contributed by atoms with Gasteiger partial charge in [0.1, 0.15) is 0 Å². The van der Waals surface area contributed by atoms with Gasteiger partial charge in [0, 0.05) is 31.9 Å². The van der Waals surface area contributed by atoms with Crippen LogP contribution < -0.4 is 5.73 Å². The number of nitrogen functional groups attached to an aromatic ring is 1. The second kappa shape index (κ2) is 6.62. The minimum absolute atomic E-state index is 0.249. The smallest absolute Gasteiger partial charge is 0.0670 e. The molecule has 0 bridgehead atoms. The van der Waals surface area contributed by atoms with Crippen molar-refractivity contribution in [1.29, 1.82) is 0 Å². The van der Waals surface area contributed by atoms with Crippen molar-refractivity contribution in [3.63, 3.8) is 0 Å². The Hall–Kier alpha value is -1.06. The van der Waals surface area contributed by atoms with Crippen LogP contribution in [0.3, 0.4) is 0 Å². The molecular weight excluding hydrogens is 212 g/mol. The second-order valence-electron chi connectivity index (χ2n) is 4.81. The molecule has 1 aromatic carbocycles. The quantitative estimate of drug-likeness (QED) is 0.771. The second-order valence-corrected chi connectivity index (χ2v) is 4.81. The summed E-state index contributed by atoms with van der Waals surface area (Å²) in [5, 5.41) is 0. The van der Waals surface area contributed by atoms with Crippen molar-refractivity contribution >= 4 is 5.69 Å². The highest BCUT2D eigenvalue weighted by molar-refractivity contribution is 5.40. The third kappa shape index (κ3) is 4.75. The van der Waals surface area contributed by atoms with E-state index in [0.717, 1.165) is 18.8 Å². The number of hydrogen-bond donors (Lipinski definition) is 1. The molecule has 1 atom stereocenters. The van der Waals surface area contributed by atoms with Gasteiger partial charge in [-0.2, -0.15) is 0 Å². The lowest BCUT2D eigenvalue weighted by molar-refractivity contribution is 0.0622. The fourth-order valence-corrected chi connectivity index (χ4v) is 1.79. The van der Waals surface area contributed by atoms with Crippen LogP contribution in [0.4, 0.5) is 5.69 Å². The van der Waals surface area contributed by atoms with E-state index >= 15 is 0 Å². The van der Waals surface area contributed by atoms with E-state index in [1.165, 1.54) is 5.56 Å². The zero-order chi connectivity index (χ0) is 12.8. The predicted molar refractivity (Wildman–Crippen MR) is 72.9 cm³/mol. The maximum absolute atomic E-state index is 5.79. The average molecular weight is 236 g/mol. The van der Waals surface area contributed by atoms with Gasteiger partial charge in [-0.05, 0) is 38.5 Å². The summed E-state index contributed by atoms with van der Waals surface area (Å²) < 4.78 is 5.33. The summed E-state index contributed by atoms with van der Waals surface area (Å²) in [5.41, 5.74) is 7.87. The van der Waals surface area contributed by atoms with Gasteiger partial charge in [0.25, 0.3) is 0 Å². The van der Waals surface area contributed by atoms with Crippen LogP contribution in [0.2, 0.25) is 0 Å². The highest BCUT2D eigenvalue weighted by atomic mass is 16.5. The first-order chi connectivity index (χ1) is 8.02. The van der Waals surface area contributed by atoms with Gasteiger partial charge in [-0.1, -0.05) is 12.1 Å². The Bertz CT molecular complexity index is 339. The zero-order valence-corrected chi connectivity index (χ0v) is 11.3. The summed E-state index contributed by atoms with van der Waals surface area (Å²) >= 11 is 0. The van der Waals surface area contributed by atoms with Crippen molar-refractivity contribution in [3.05, 3.63) is 29.8 Å². The number of nitrogens with zero attached hydrogens (tertiary/aromatic N) is 1. The molecule has 17 heavy (non-hydrogen) atoms. The minimum atomic E-state index is 0.249. The van der Waals surface area contributed by atoms with Crippen molar-refractivity contribution in [2.45, 2.75) is 39.5 Å². The summed E-state index contributed by atoms with van der Waals surface area (Å²) in [6.45, 7) is 8.34. The molecule has 0 saturated heterocycles. The molecule has 1 unspecified atom stereocenters. The summed E-state index contributed by atoms with van der Waals surface area (Å²) in [6.07, 6.45) is 0.249. The Labute approximate surface area is 105 Å². The highest BCUT2D eigenvalue weighted by Crippen LogP contribution is 2.12. The molecule has 0 spiro atoms. The molecular formula is C14H24N2O. The molecule has 0 heterocycles. The number of rotatable bonds is 6. The van der Waals surface area contributed by atoms with E-state index in [4.69, 9.17) is 10.5 Å². The number of hydrogen-bond acceptors (Lipinski definition) is 3. The van der Waals surface area contributed by atoms with Gasteiger partial charge in [-0.3, -0.25) is 4.90 Å². The number of nitrogens with two attached hydrogens (primary N) is 1. The van der Waals surface area contributed by atoms with E-state index in [2.05, 4.69) is 31.7 Å². The number of anilines is 1. The normalized spacial score (nSPS) is 13.3. The van der Waals surface area contributed by atoms with Crippen LogP contribution >= 0.6 is 0 Å². The number of ether oxygens (including phenoxy) is 1. The first-order valence-electron chi connectivity index (χ1n) is 6.14. The van der Waals surface area contributed by atoms with Crippen LogP contribution in [0.5, 0.6) is 0 Å². The zero-order valence-electron chi connectivity index (χ0n) is 11.3. The van der Waals surface area contributed by atoms with E-state index in [0.29, 0.717) is 6.04 Å². The SMILES string of the molecule is COC(C)CN(Cc1cccc(N)c1)C(C)C. The molecule has 0 saturated carbocycles. The molecule has 0 amide bonds. The topological polar surface area (TPSA) is 38.5 Å². The molecule has 0 radical (unpaired) electrons. The molecule has 96 valence electrons. The van der Waals surface area contributed by atoms with Crippen molar-refractivity contribution < 1.29 is 4.74 Å². The molecule has 0 aliphatic heterocycles. The first-order valence-corrected chi connectivity index (χ1v) is 6.14. The van der Waals surface area contributed by atoms with Crippen LogP contribution in [0, 0.1) is 0 Å². The van der Waals surface area contributed by atoms with Crippen LogP contribution in [0.15, 0.2) is 24.3 Å². The van der Waals surface area contributed by atoms with Crippen molar-refractivity contribution in [2.24, 2.45) is 0 Å². The summed E-state index contributed by atoms with van der Waals surface area (Å²) in [4.78, 5) is 2.39.